The lowest BCUT2D eigenvalue weighted by Crippen LogP contribution is -2.50. The van der Waals surface area contributed by atoms with E-state index in [9.17, 15) is 13.8 Å². The Kier molecular flexibility index (Phi) is 6.11. The molecule has 2 amide bonds. The highest BCUT2D eigenvalue weighted by molar-refractivity contribution is 7.85. The SMILES string of the molecule is CCC[C@H](NC(=O)NC1CCS(=O)CC1)C(=O)O. The van der Waals surface area contributed by atoms with Crippen LogP contribution in [-0.2, 0) is 15.6 Å². The van der Waals surface area contributed by atoms with Gasteiger partial charge in [-0.15, -0.1) is 0 Å². The van der Waals surface area contributed by atoms with E-state index >= 15 is 0 Å². The van der Waals surface area contributed by atoms with Gasteiger partial charge in [0.1, 0.15) is 6.04 Å². The summed E-state index contributed by atoms with van der Waals surface area (Å²) in [6.45, 7) is 1.87. The predicted molar refractivity (Wildman–Crippen MR) is 68.9 cm³/mol. The molecule has 1 atom stereocenters. The molecule has 1 aliphatic rings. The first-order valence-electron chi connectivity index (χ1n) is 6.17. The molecule has 7 heteroatoms. The summed E-state index contributed by atoms with van der Waals surface area (Å²) in [7, 11) is -0.763. The molecule has 3 N–H and O–H groups in total. The second-order valence-corrected chi connectivity index (χ2v) is 6.12. The molecule has 0 radical (unpaired) electrons. The van der Waals surface area contributed by atoms with Crippen LogP contribution in [0.2, 0.25) is 0 Å². The van der Waals surface area contributed by atoms with Crippen LogP contribution in [0.15, 0.2) is 0 Å². The van der Waals surface area contributed by atoms with Crippen LogP contribution < -0.4 is 10.6 Å². The molecule has 0 bridgehead atoms. The predicted octanol–water partition coefficient (Wildman–Crippen LogP) is 0.450. The molecule has 0 aromatic heterocycles. The van der Waals surface area contributed by atoms with Crippen molar-refractivity contribution >= 4 is 22.8 Å². The van der Waals surface area contributed by atoms with Gasteiger partial charge in [0.15, 0.2) is 0 Å². The highest BCUT2D eigenvalue weighted by atomic mass is 32.2. The third-order valence-corrected chi connectivity index (χ3v) is 4.29. The van der Waals surface area contributed by atoms with Crippen LogP contribution in [-0.4, -0.2) is 44.9 Å². The highest BCUT2D eigenvalue weighted by Crippen LogP contribution is 2.09. The summed E-state index contributed by atoms with van der Waals surface area (Å²) in [5, 5.41) is 14.1. The maximum atomic E-state index is 11.6. The molecule has 104 valence electrons. The van der Waals surface area contributed by atoms with E-state index in [-0.39, 0.29) is 6.04 Å². The van der Waals surface area contributed by atoms with Gasteiger partial charge in [0, 0.05) is 28.3 Å². The van der Waals surface area contributed by atoms with Crippen molar-refractivity contribution in [3.8, 4) is 0 Å². The van der Waals surface area contributed by atoms with E-state index in [1.807, 2.05) is 6.92 Å². The third-order valence-electron chi connectivity index (χ3n) is 2.90. The average Bonchev–Trinajstić information content (AvgIpc) is 2.31. The fourth-order valence-electron chi connectivity index (χ4n) is 1.87. The fourth-order valence-corrected chi connectivity index (χ4v) is 3.17. The highest BCUT2D eigenvalue weighted by Gasteiger charge is 2.22. The number of carboxylic acid groups (broad SMARTS) is 1. The zero-order chi connectivity index (χ0) is 13.5. The Balaban J connectivity index is 2.35. The molecule has 0 aromatic rings. The molecule has 1 saturated heterocycles. The first-order valence-corrected chi connectivity index (χ1v) is 7.66. The second-order valence-electron chi connectivity index (χ2n) is 4.42. The number of urea groups is 1. The molecule has 0 aromatic carbocycles. The summed E-state index contributed by atoms with van der Waals surface area (Å²) >= 11 is 0. The van der Waals surface area contributed by atoms with Crippen molar-refractivity contribution in [2.75, 3.05) is 11.5 Å². The first kappa shape index (κ1) is 14.9. The van der Waals surface area contributed by atoms with Crippen LogP contribution in [0.3, 0.4) is 0 Å². The summed E-state index contributed by atoms with van der Waals surface area (Å²) < 4.78 is 11.2. The number of nitrogens with one attached hydrogen (secondary N) is 2. The number of hydrogen-bond donors (Lipinski definition) is 3. The standard InChI is InChI=1S/C11H20N2O4S/c1-2-3-9(10(14)15)13-11(16)12-8-4-6-18(17)7-5-8/h8-9H,2-7H2,1H3,(H,14,15)(H2,12,13,16)/t8?,9-,18?/m0/s1. The zero-order valence-corrected chi connectivity index (χ0v) is 11.3. The van der Waals surface area contributed by atoms with Crippen LogP contribution in [0, 0.1) is 0 Å². The lowest BCUT2D eigenvalue weighted by Gasteiger charge is -2.23. The van der Waals surface area contributed by atoms with E-state index < -0.39 is 28.8 Å². The molecular formula is C11H20N2O4S. The van der Waals surface area contributed by atoms with E-state index in [4.69, 9.17) is 5.11 Å². The molecule has 0 unspecified atom stereocenters. The molecule has 0 aliphatic carbocycles. The van der Waals surface area contributed by atoms with Crippen LogP contribution in [0.1, 0.15) is 32.6 Å². The van der Waals surface area contributed by atoms with Crippen LogP contribution in [0.4, 0.5) is 4.79 Å². The Hall–Kier alpha value is -1.11. The number of aliphatic carboxylic acids is 1. The van der Waals surface area contributed by atoms with Gasteiger partial charge in [-0.3, -0.25) is 4.21 Å². The van der Waals surface area contributed by atoms with Gasteiger partial charge in [0.05, 0.1) is 0 Å². The molecular weight excluding hydrogens is 256 g/mol. The lowest BCUT2D eigenvalue weighted by atomic mass is 10.1. The topological polar surface area (TPSA) is 95.5 Å². The molecule has 1 aliphatic heterocycles. The van der Waals surface area contributed by atoms with Gasteiger partial charge in [-0.1, -0.05) is 13.3 Å². The van der Waals surface area contributed by atoms with E-state index in [1.54, 1.807) is 0 Å². The quantitative estimate of drug-likeness (QED) is 0.679. The number of carbonyl (C=O) groups excluding carboxylic acids is 1. The summed E-state index contributed by atoms with van der Waals surface area (Å²) in [4.78, 5) is 22.5. The van der Waals surface area contributed by atoms with Crippen LogP contribution in [0.5, 0.6) is 0 Å². The Bertz CT molecular complexity index is 325. The summed E-state index contributed by atoms with van der Waals surface area (Å²) in [6, 6.07) is -1.29. The van der Waals surface area contributed by atoms with Crippen LogP contribution >= 0.6 is 0 Å². The summed E-state index contributed by atoms with van der Waals surface area (Å²) in [6.07, 6.45) is 2.48. The van der Waals surface area contributed by atoms with E-state index in [1.165, 1.54) is 0 Å². The van der Waals surface area contributed by atoms with Crippen molar-refractivity contribution in [3.63, 3.8) is 0 Å². The minimum Gasteiger partial charge on any atom is -0.480 e. The maximum absolute atomic E-state index is 11.6. The molecule has 18 heavy (non-hydrogen) atoms. The molecule has 1 rings (SSSR count). The van der Waals surface area contributed by atoms with E-state index in [2.05, 4.69) is 10.6 Å². The number of hydrogen-bond acceptors (Lipinski definition) is 3. The molecule has 0 saturated carbocycles. The summed E-state index contributed by atoms with van der Waals surface area (Å²) in [5.74, 6) is 0.182. The van der Waals surface area contributed by atoms with E-state index in [0.717, 1.165) is 0 Å². The Morgan fingerprint density at radius 2 is 2.00 bits per heavy atom. The Morgan fingerprint density at radius 1 is 1.39 bits per heavy atom. The number of carbonyl (C=O) groups is 2. The Labute approximate surface area is 109 Å². The smallest absolute Gasteiger partial charge is 0.326 e. The van der Waals surface area contributed by atoms with Crippen molar-refractivity contribution in [3.05, 3.63) is 0 Å². The normalized spacial score (nSPS) is 25.2. The minimum atomic E-state index is -1.02. The van der Waals surface area contributed by atoms with Crippen molar-refractivity contribution in [1.29, 1.82) is 0 Å². The number of rotatable bonds is 5. The summed E-state index contributed by atoms with van der Waals surface area (Å²) in [5.41, 5.74) is 0. The van der Waals surface area contributed by atoms with Gasteiger partial charge >= 0.3 is 12.0 Å². The largest absolute Gasteiger partial charge is 0.480 e. The molecule has 6 nitrogen and oxygen atoms in total. The fraction of sp³-hybridized carbons (Fsp3) is 0.818. The van der Waals surface area contributed by atoms with Gasteiger partial charge < -0.3 is 15.7 Å². The van der Waals surface area contributed by atoms with Gasteiger partial charge in [-0.05, 0) is 19.3 Å². The Morgan fingerprint density at radius 3 is 2.50 bits per heavy atom. The lowest BCUT2D eigenvalue weighted by molar-refractivity contribution is -0.139. The van der Waals surface area contributed by atoms with Crippen LogP contribution in [0.25, 0.3) is 0 Å². The monoisotopic (exact) mass is 276 g/mol. The van der Waals surface area contributed by atoms with Gasteiger partial charge in [0.25, 0.3) is 0 Å². The molecule has 1 heterocycles. The first-order chi connectivity index (χ1) is 8.52. The van der Waals surface area contributed by atoms with Crippen molar-refractivity contribution in [2.24, 2.45) is 0 Å². The van der Waals surface area contributed by atoms with Gasteiger partial charge in [0.2, 0.25) is 0 Å². The van der Waals surface area contributed by atoms with Crippen molar-refractivity contribution < 1.29 is 18.9 Å². The average molecular weight is 276 g/mol. The zero-order valence-electron chi connectivity index (χ0n) is 10.5. The van der Waals surface area contributed by atoms with Crippen molar-refractivity contribution in [2.45, 2.75) is 44.7 Å². The van der Waals surface area contributed by atoms with E-state index in [0.29, 0.717) is 37.2 Å². The maximum Gasteiger partial charge on any atom is 0.326 e. The van der Waals surface area contributed by atoms with Crippen molar-refractivity contribution in [1.82, 2.24) is 10.6 Å². The minimum absolute atomic E-state index is 0.00114. The molecule has 1 fully saturated rings. The van der Waals surface area contributed by atoms with Gasteiger partial charge in [-0.25, -0.2) is 9.59 Å². The number of carboxylic acids is 1. The molecule has 0 spiro atoms. The third kappa shape index (κ3) is 5.03. The number of amides is 2. The van der Waals surface area contributed by atoms with Gasteiger partial charge in [-0.2, -0.15) is 0 Å². The second kappa shape index (κ2) is 7.35.